The molecule has 0 saturated carbocycles. The molecule has 5 nitrogen and oxygen atoms in total. The van der Waals surface area contributed by atoms with Crippen molar-refractivity contribution < 1.29 is 14.6 Å². The standard InChI is InChI=1S/C20H24N2O3/c1-2-25-17-7-5-6-16(14-17)19(18-8-3-4-11-21-18)22-12-9-15(10-13-22)20(23)24/h3-8,11,14-15,19H,2,9-10,12-13H2,1H3,(H,23,24)/t19-/m0/s1. The van der Waals surface area contributed by atoms with E-state index < -0.39 is 5.97 Å². The highest BCUT2D eigenvalue weighted by molar-refractivity contribution is 5.70. The molecule has 1 aromatic heterocycles. The number of hydrogen-bond donors (Lipinski definition) is 1. The molecule has 0 bridgehead atoms. The van der Waals surface area contributed by atoms with Gasteiger partial charge in [0, 0.05) is 6.20 Å². The van der Waals surface area contributed by atoms with Crippen LogP contribution in [0.2, 0.25) is 0 Å². The highest BCUT2D eigenvalue weighted by Crippen LogP contribution is 2.33. The average Bonchev–Trinajstić information content (AvgIpc) is 2.64. The lowest BCUT2D eigenvalue weighted by molar-refractivity contribution is -0.143. The normalized spacial score (nSPS) is 17.2. The summed E-state index contributed by atoms with van der Waals surface area (Å²) in [6.45, 7) is 4.09. The van der Waals surface area contributed by atoms with Gasteiger partial charge in [0.15, 0.2) is 0 Å². The summed E-state index contributed by atoms with van der Waals surface area (Å²) < 4.78 is 5.65. The second kappa shape index (κ2) is 8.12. The molecule has 1 atom stereocenters. The maximum atomic E-state index is 11.2. The van der Waals surface area contributed by atoms with Gasteiger partial charge >= 0.3 is 5.97 Å². The SMILES string of the molecule is CCOc1cccc([C@@H](c2ccccn2)N2CCC(C(=O)O)CC2)c1. The van der Waals surface area contributed by atoms with Crippen molar-refractivity contribution in [3.8, 4) is 5.75 Å². The molecule has 132 valence electrons. The predicted molar refractivity (Wildman–Crippen MR) is 95.6 cm³/mol. The summed E-state index contributed by atoms with van der Waals surface area (Å²) >= 11 is 0. The number of nitrogens with zero attached hydrogens (tertiary/aromatic N) is 2. The molecule has 1 saturated heterocycles. The lowest BCUT2D eigenvalue weighted by atomic mass is 9.93. The minimum absolute atomic E-state index is 0.0105. The zero-order valence-corrected chi connectivity index (χ0v) is 14.5. The molecule has 0 amide bonds. The van der Waals surface area contributed by atoms with Crippen molar-refractivity contribution in [2.24, 2.45) is 5.92 Å². The highest BCUT2D eigenvalue weighted by Gasteiger charge is 2.30. The number of piperidine rings is 1. The number of carboxylic acids is 1. The monoisotopic (exact) mass is 340 g/mol. The topological polar surface area (TPSA) is 62.7 Å². The van der Waals surface area contributed by atoms with E-state index in [0.29, 0.717) is 19.4 Å². The van der Waals surface area contributed by atoms with Gasteiger partial charge in [0.1, 0.15) is 5.75 Å². The van der Waals surface area contributed by atoms with Gasteiger partial charge in [0.25, 0.3) is 0 Å². The molecule has 5 heteroatoms. The Balaban J connectivity index is 1.89. The lowest BCUT2D eigenvalue weighted by Crippen LogP contribution is -2.39. The van der Waals surface area contributed by atoms with Crippen molar-refractivity contribution in [3.05, 3.63) is 59.9 Å². The molecule has 1 aliphatic heterocycles. The summed E-state index contributed by atoms with van der Waals surface area (Å²) in [7, 11) is 0. The van der Waals surface area contributed by atoms with Crippen LogP contribution in [0.15, 0.2) is 48.7 Å². The summed E-state index contributed by atoms with van der Waals surface area (Å²) in [4.78, 5) is 18.1. The van der Waals surface area contributed by atoms with Crippen LogP contribution in [-0.4, -0.2) is 40.7 Å². The fourth-order valence-corrected chi connectivity index (χ4v) is 3.45. The van der Waals surface area contributed by atoms with Crippen LogP contribution in [0.3, 0.4) is 0 Å². The maximum Gasteiger partial charge on any atom is 0.306 e. The first-order chi connectivity index (χ1) is 12.2. The van der Waals surface area contributed by atoms with Crippen LogP contribution >= 0.6 is 0 Å². The first-order valence-electron chi connectivity index (χ1n) is 8.79. The average molecular weight is 340 g/mol. The molecule has 0 aliphatic carbocycles. The molecule has 3 rings (SSSR count). The predicted octanol–water partition coefficient (Wildman–Crippen LogP) is 3.37. The van der Waals surface area contributed by atoms with Crippen LogP contribution < -0.4 is 4.74 Å². The Kier molecular flexibility index (Phi) is 5.66. The van der Waals surface area contributed by atoms with Gasteiger partial charge in [-0.2, -0.15) is 0 Å². The van der Waals surface area contributed by atoms with Gasteiger partial charge in [-0.3, -0.25) is 14.7 Å². The van der Waals surface area contributed by atoms with Crippen LogP contribution in [0, 0.1) is 5.92 Å². The van der Waals surface area contributed by atoms with E-state index in [1.165, 1.54) is 0 Å². The zero-order chi connectivity index (χ0) is 17.6. The third kappa shape index (κ3) is 4.17. The minimum Gasteiger partial charge on any atom is -0.494 e. The Labute approximate surface area is 148 Å². The van der Waals surface area contributed by atoms with Gasteiger partial charge in [0.05, 0.1) is 24.3 Å². The Morgan fingerprint density at radius 2 is 2.08 bits per heavy atom. The third-order valence-corrected chi connectivity index (χ3v) is 4.70. The Morgan fingerprint density at radius 3 is 2.72 bits per heavy atom. The van der Waals surface area contributed by atoms with Crippen molar-refractivity contribution in [1.82, 2.24) is 9.88 Å². The van der Waals surface area contributed by atoms with E-state index in [1.807, 2.05) is 37.3 Å². The summed E-state index contributed by atoms with van der Waals surface area (Å²) in [6.07, 6.45) is 3.15. The molecule has 2 heterocycles. The van der Waals surface area contributed by atoms with E-state index >= 15 is 0 Å². The van der Waals surface area contributed by atoms with Gasteiger partial charge in [-0.25, -0.2) is 0 Å². The number of pyridine rings is 1. The Morgan fingerprint density at radius 1 is 1.28 bits per heavy atom. The summed E-state index contributed by atoms with van der Waals surface area (Å²) in [5.41, 5.74) is 2.10. The highest BCUT2D eigenvalue weighted by atomic mass is 16.5. The van der Waals surface area contributed by atoms with Crippen LogP contribution in [0.5, 0.6) is 5.75 Å². The molecule has 0 unspecified atom stereocenters. The number of likely N-dealkylation sites (tertiary alicyclic amines) is 1. The second-order valence-corrected chi connectivity index (χ2v) is 6.31. The lowest BCUT2D eigenvalue weighted by Gasteiger charge is -2.36. The van der Waals surface area contributed by atoms with E-state index in [9.17, 15) is 9.90 Å². The maximum absolute atomic E-state index is 11.2. The smallest absolute Gasteiger partial charge is 0.306 e. The van der Waals surface area contributed by atoms with Crippen LogP contribution in [0.4, 0.5) is 0 Å². The van der Waals surface area contributed by atoms with Crippen LogP contribution in [0.1, 0.15) is 37.1 Å². The number of aliphatic carboxylic acids is 1. The number of hydrogen-bond acceptors (Lipinski definition) is 4. The first-order valence-corrected chi connectivity index (χ1v) is 8.79. The van der Waals surface area contributed by atoms with Crippen molar-refractivity contribution in [3.63, 3.8) is 0 Å². The quantitative estimate of drug-likeness (QED) is 0.873. The number of carboxylic acid groups (broad SMARTS) is 1. The molecule has 0 radical (unpaired) electrons. The zero-order valence-electron chi connectivity index (χ0n) is 14.5. The van der Waals surface area contributed by atoms with Gasteiger partial charge < -0.3 is 9.84 Å². The van der Waals surface area contributed by atoms with Gasteiger partial charge in [0.2, 0.25) is 0 Å². The molecule has 1 N–H and O–H groups in total. The van der Waals surface area contributed by atoms with Crippen LogP contribution in [0.25, 0.3) is 0 Å². The van der Waals surface area contributed by atoms with Gasteiger partial charge in [-0.1, -0.05) is 18.2 Å². The largest absolute Gasteiger partial charge is 0.494 e. The number of aromatic nitrogens is 1. The van der Waals surface area contributed by atoms with Gasteiger partial charge in [-0.05, 0) is 62.7 Å². The number of carbonyl (C=O) groups is 1. The summed E-state index contributed by atoms with van der Waals surface area (Å²) in [5, 5.41) is 9.25. The summed E-state index contributed by atoms with van der Waals surface area (Å²) in [6, 6.07) is 14.0. The molecule has 0 spiro atoms. The molecular formula is C20H24N2O3. The number of ether oxygens (including phenoxy) is 1. The summed E-state index contributed by atoms with van der Waals surface area (Å²) in [5.74, 6) is -0.0795. The molecular weight excluding hydrogens is 316 g/mol. The number of benzene rings is 1. The molecule has 1 aliphatic rings. The third-order valence-electron chi connectivity index (χ3n) is 4.70. The number of rotatable bonds is 6. The van der Waals surface area contributed by atoms with E-state index in [2.05, 4.69) is 22.0 Å². The second-order valence-electron chi connectivity index (χ2n) is 6.31. The molecule has 25 heavy (non-hydrogen) atoms. The van der Waals surface area contributed by atoms with Gasteiger partial charge in [-0.15, -0.1) is 0 Å². The van der Waals surface area contributed by atoms with E-state index in [-0.39, 0.29) is 12.0 Å². The van der Waals surface area contributed by atoms with Crippen LogP contribution in [-0.2, 0) is 4.79 Å². The van der Waals surface area contributed by atoms with Crippen molar-refractivity contribution >= 4 is 5.97 Å². The fraction of sp³-hybridized carbons (Fsp3) is 0.400. The van der Waals surface area contributed by atoms with E-state index in [1.54, 1.807) is 6.20 Å². The molecule has 1 fully saturated rings. The minimum atomic E-state index is -0.688. The van der Waals surface area contributed by atoms with Crippen molar-refractivity contribution in [2.75, 3.05) is 19.7 Å². The molecule has 2 aromatic rings. The Bertz CT molecular complexity index is 697. The van der Waals surface area contributed by atoms with E-state index in [0.717, 1.165) is 30.1 Å². The Hall–Kier alpha value is -2.40. The first kappa shape index (κ1) is 17.4. The van der Waals surface area contributed by atoms with E-state index in [4.69, 9.17) is 4.74 Å². The van der Waals surface area contributed by atoms with Crippen molar-refractivity contribution in [2.45, 2.75) is 25.8 Å². The van der Waals surface area contributed by atoms with Crippen molar-refractivity contribution in [1.29, 1.82) is 0 Å². The molecule has 1 aromatic carbocycles. The fourth-order valence-electron chi connectivity index (χ4n) is 3.45.